The van der Waals surface area contributed by atoms with E-state index in [-0.39, 0.29) is 29.8 Å². The third-order valence-electron chi connectivity index (χ3n) is 6.51. The first kappa shape index (κ1) is 25.5. The highest BCUT2D eigenvalue weighted by Crippen LogP contribution is 2.41. The van der Waals surface area contributed by atoms with Crippen LogP contribution in [0.5, 0.6) is 5.75 Å². The zero-order valence-corrected chi connectivity index (χ0v) is 20.5. The van der Waals surface area contributed by atoms with Crippen molar-refractivity contribution < 1.29 is 22.3 Å². The summed E-state index contributed by atoms with van der Waals surface area (Å²) in [4.78, 5) is 0. The van der Waals surface area contributed by atoms with E-state index in [0.717, 1.165) is 29.2 Å². The summed E-state index contributed by atoms with van der Waals surface area (Å²) in [6.07, 6.45) is -3.92. The summed E-state index contributed by atoms with van der Waals surface area (Å²) in [6, 6.07) is 27.2. The smallest absolute Gasteiger partial charge is 0.417 e. The van der Waals surface area contributed by atoms with Gasteiger partial charge in [-0.3, -0.25) is 0 Å². The van der Waals surface area contributed by atoms with Gasteiger partial charge < -0.3 is 15.0 Å². The molecule has 0 saturated carbocycles. The van der Waals surface area contributed by atoms with Gasteiger partial charge in [-0.15, -0.1) is 0 Å². The van der Waals surface area contributed by atoms with Gasteiger partial charge in [0.15, 0.2) is 5.82 Å². The van der Waals surface area contributed by atoms with E-state index in [2.05, 4.69) is 0 Å². The van der Waals surface area contributed by atoms with E-state index in [1.807, 2.05) is 54.6 Å². The van der Waals surface area contributed by atoms with Gasteiger partial charge in [0.1, 0.15) is 12.4 Å². The van der Waals surface area contributed by atoms with Crippen molar-refractivity contribution in [1.29, 1.82) is 0 Å². The molecule has 3 nitrogen and oxygen atoms in total. The van der Waals surface area contributed by atoms with Gasteiger partial charge in [-0.05, 0) is 53.9 Å². The molecule has 0 bridgehead atoms. The lowest BCUT2D eigenvalue weighted by atomic mass is 10.0. The molecule has 1 heterocycles. The lowest BCUT2D eigenvalue weighted by molar-refractivity contribution is -0.137. The molecule has 0 fully saturated rings. The van der Waals surface area contributed by atoms with E-state index in [9.17, 15) is 13.2 Å². The van der Waals surface area contributed by atoms with Crippen molar-refractivity contribution in [2.45, 2.75) is 25.7 Å². The van der Waals surface area contributed by atoms with Gasteiger partial charge in [0.05, 0.1) is 16.8 Å². The number of ether oxygens (including phenoxy) is 1. The number of hydrogen-bond acceptors (Lipinski definition) is 2. The second-order valence-electron chi connectivity index (χ2n) is 9.10. The number of rotatable bonds is 8. The molecule has 38 heavy (non-hydrogen) atoms. The van der Waals surface area contributed by atoms with Crippen LogP contribution in [0.2, 0.25) is 0 Å². The Morgan fingerprint density at radius 1 is 0.763 bits per heavy atom. The number of benzene rings is 4. The highest BCUT2D eigenvalue weighted by Gasteiger charge is 2.35. The van der Waals surface area contributed by atoms with E-state index in [0.29, 0.717) is 17.8 Å². The van der Waals surface area contributed by atoms with E-state index in [4.69, 9.17) is 10.5 Å². The van der Waals surface area contributed by atoms with Crippen molar-refractivity contribution in [3.8, 4) is 17.0 Å². The first-order valence-corrected chi connectivity index (χ1v) is 12.3. The van der Waals surface area contributed by atoms with Crippen molar-refractivity contribution in [2.24, 2.45) is 5.73 Å². The third-order valence-corrected chi connectivity index (χ3v) is 6.51. The van der Waals surface area contributed by atoms with Crippen LogP contribution in [0.4, 0.5) is 17.6 Å². The SMILES string of the molecule is NCCc1ccc(Cn2c(-c3ccccc3C(F)(F)F)c(F)c3cc(OCc4ccccc4)ccc32)cc1. The number of aromatic nitrogens is 1. The molecule has 1 aromatic heterocycles. The van der Waals surface area contributed by atoms with Crippen LogP contribution in [0.1, 0.15) is 22.3 Å². The lowest BCUT2D eigenvalue weighted by Crippen LogP contribution is -2.10. The van der Waals surface area contributed by atoms with Crippen molar-refractivity contribution in [3.63, 3.8) is 0 Å². The van der Waals surface area contributed by atoms with Gasteiger partial charge in [-0.2, -0.15) is 13.2 Å². The fourth-order valence-corrected chi connectivity index (χ4v) is 4.65. The quantitative estimate of drug-likeness (QED) is 0.215. The zero-order valence-electron chi connectivity index (χ0n) is 20.5. The fourth-order valence-electron chi connectivity index (χ4n) is 4.65. The molecule has 7 heteroatoms. The van der Waals surface area contributed by atoms with Crippen molar-refractivity contribution in [1.82, 2.24) is 4.57 Å². The second-order valence-corrected chi connectivity index (χ2v) is 9.10. The topological polar surface area (TPSA) is 40.2 Å². The normalized spacial score (nSPS) is 11.7. The number of halogens is 4. The largest absolute Gasteiger partial charge is 0.489 e. The van der Waals surface area contributed by atoms with Crippen LogP contribution in [-0.2, 0) is 25.7 Å². The molecule has 2 N–H and O–H groups in total. The molecule has 0 amide bonds. The molecule has 194 valence electrons. The summed E-state index contributed by atoms with van der Waals surface area (Å²) in [6.45, 7) is 0.989. The molecule has 0 aliphatic heterocycles. The van der Waals surface area contributed by atoms with E-state index < -0.39 is 17.6 Å². The Kier molecular flexibility index (Phi) is 7.20. The fraction of sp³-hybridized carbons (Fsp3) is 0.161. The molecule has 5 aromatic rings. The zero-order chi connectivity index (χ0) is 26.7. The third kappa shape index (κ3) is 5.29. The van der Waals surface area contributed by atoms with Crippen LogP contribution in [-0.4, -0.2) is 11.1 Å². The average Bonchev–Trinajstić information content (AvgIpc) is 3.19. The minimum absolute atomic E-state index is 0.112. The standard InChI is InChI=1S/C31H26F4N2O/c32-29-26-18-24(38-20-23-6-2-1-3-7-23)14-15-28(26)37(19-22-12-10-21(11-13-22)16-17-36)30(29)25-8-4-5-9-27(25)31(33,34)35/h1-15,18H,16-17,19-20,36H2. The van der Waals surface area contributed by atoms with E-state index in [1.165, 1.54) is 18.2 Å². The molecule has 0 aliphatic rings. The second kappa shape index (κ2) is 10.7. The van der Waals surface area contributed by atoms with Crippen LogP contribution in [0.3, 0.4) is 0 Å². The predicted molar refractivity (Wildman–Crippen MR) is 141 cm³/mol. The predicted octanol–water partition coefficient (Wildman–Crippen LogP) is 7.59. The Hall–Kier alpha value is -4.10. The van der Waals surface area contributed by atoms with Crippen LogP contribution < -0.4 is 10.5 Å². The number of hydrogen-bond donors (Lipinski definition) is 1. The summed E-state index contributed by atoms with van der Waals surface area (Å²) >= 11 is 0. The van der Waals surface area contributed by atoms with Crippen molar-refractivity contribution in [3.05, 3.63) is 125 Å². The van der Waals surface area contributed by atoms with Gasteiger partial charge in [0, 0.05) is 17.5 Å². The molecule has 4 aromatic carbocycles. The molecular formula is C31H26F4N2O. The molecule has 0 atom stereocenters. The lowest BCUT2D eigenvalue weighted by Gasteiger charge is -2.16. The van der Waals surface area contributed by atoms with Crippen LogP contribution in [0.15, 0.2) is 97.1 Å². The minimum Gasteiger partial charge on any atom is -0.489 e. The number of nitrogens with two attached hydrogens (primary N) is 1. The number of nitrogens with zero attached hydrogens (tertiary/aromatic N) is 1. The summed E-state index contributed by atoms with van der Waals surface area (Å²) in [5, 5.41) is 0.197. The van der Waals surface area contributed by atoms with Gasteiger partial charge in [-0.25, -0.2) is 4.39 Å². The Bertz CT molecular complexity index is 1540. The van der Waals surface area contributed by atoms with Crippen LogP contribution in [0, 0.1) is 5.82 Å². The van der Waals surface area contributed by atoms with Gasteiger partial charge >= 0.3 is 6.18 Å². The Morgan fingerprint density at radius 2 is 1.45 bits per heavy atom. The van der Waals surface area contributed by atoms with Crippen LogP contribution >= 0.6 is 0 Å². The van der Waals surface area contributed by atoms with Crippen molar-refractivity contribution >= 4 is 10.9 Å². The molecular weight excluding hydrogens is 492 g/mol. The Labute approximate surface area is 218 Å². The van der Waals surface area contributed by atoms with Gasteiger partial charge in [-0.1, -0.05) is 72.8 Å². The molecule has 0 saturated heterocycles. The molecule has 0 radical (unpaired) electrons. The van der Waals surface area contributed by atoms with Crippen molar-refractivity contribution in [2.75, 3.05) is 6.54 Å². The first-order chi connectivity index (χ1) is 18.3. The monoisotopic (exact) mass is 518 g/mol. The summed E-state index contributed by atoms with van der Waals surface area (Å²) in [5.74, 6) is -0.291. The maximum atomic E-state index is 16.1. The van der Waals surface area contributed by atoms with Gasteiger partial charge in [0.25, 0.3) is 0 Å². The first-order valence-electron chi connectivity index (χ1n) is 12.3. The Morgan fingerprint density at radius 3 is 2.16 bits per heavy atom. The summed E-state index contributed by atoms with van der Waals surface area (Å²) in [7, 11) is 0. The number of alkyl halides is 3. The van der Waals surface area contributed by atoms with E-state index in [1.54, 1.807) is 22.8 Å². The highest BCUT2D eigenvalue weighted by molar-refractivity contribution is 5.90. The summed E-state index contributed by atoms with van der Waals surface area (Å²) < 4.78 is 65.5. The molecule has 0 aliphatic carbocycles. The van der Waals surface area contributed by atoms with Crippen LogP contribution in [0.25, 0.3) is 22.2 Å². The average molecular weight is 519 g/mol. The maximum absolute atomic E-state index is 16.1. The maximum Gasteiger partial charge on any atom is 0.417 e. The van der Waals surface area contributed by atoms with Gasteiger partial charge in [0.2, 0.25) is 0 Å². The Balaban J connectivity index is 1.62. The molecule has 0 unspecified atom stereocenters. The summed E-state index contributed by atoms with van der Waals surface area (Å²) in [5.41, 5.74) is 7.75. The highest BCUT2D eigenvalue weighted by atomic mass is 19.4. The number of fused-ring (bicyclic) bond motifs is 1. The molecule has 5 rings (SSSR count). The minimum atomic E-state index is -4.64. The van der Waals surface area contributed by atoms with E-state index >= 15 is 4.39 Å². The molecule has 0 spiro atoms.